The molecule has 0 aliphatic rings. The minimum atomic E-state index is -0.359. The van der Waals surface area contributed by atoms with Crippen molar-refractivity contribution in [1.29, 1.82) is 0 Å². The van der Waals surface area contributed by atoms with Gasteiger partial charge in [-0.25, -0.2) is 0 Å². The number of hydrogen-bond acceptors (Lipinski definition) is 2. The lowest BCUT2D eigenvalue weighted by Crippen LogP contribution is -2.49. The van der Waals surface area contributed by atoms with Crippen molar-refractivity contribution in [3.8, 4) is 0 Å². The highest BCUT2D eigenvalue weighted by atomic mass is 35.5. The molecule has 2 aromatic rings. The second-order valence-corrected chi connectivity index (χ2v) is 5.45. The first-order chi connectivity index (χ1) is 9.02. The predicted octanol–water partition coefficient (Wildman–Crippen LogP) is 2.66. The highest BCUT2D eigenvalue weighted by Crippen LogP contribution is 2.19. The summed E-state index contributed by atoms with van der Waals surface area (Å²) in [5, 5.41) is 5.24. The number of carbonyl (C=O) groups excluding carboxylic acids is 1. The number of benzene rings is 2. The summed E-state index contributed by atoms with van der Waals surface area (Å²) in [5.41, 5.74) is 6.31. The zero-order valence-corrected chi connectivity index (χ0v) is 12.7. The lowest BCUT2D eigenvalue weighted by molar-refractivity contribution is -0.121. The molecule has 4 heteroatoms. The van der Waals surface area contributed by atoms with Crippen LogP contribution in [0.2, 0.25) is 0 Å². The molecular weight excluding hydrogens is 272 g/mol. The third-order valence-corrected chi connectivity index (χ3v) is 3.22. The number of fused-ring (bicyclic) bond motifs is 1. The summed E-state index contributed by atoms with van der Waals surface area (Å²) in [6.45, 7) is 4.27. The fourth-order valence-electron chi connectivity index (χ4n) is 2.09. The summed E-state index contributed by atoms with van der Waals surface area (Å²) < 4.78 is 0. The molecule has 0 aliphatic carbocycles. The second kappa shape index (κ2) is 6.73. The third kappa shape index (κ3) is 3.95. The Hall–Kier alpha value is -1.58. The van der Waals surface area contributed by atoms with Crippen LogP contribution in [0.15, 0.2) is 42.5 Å². The van der Waals surface area contributed by atoms with E-state index in [0.717, 1.165) is 16.3 Å². The molecular formula is C16H21ClN2O. The average molecular weight is 293 g/mol. The zero-order chi connectivity index (χ0) is 13.9. The first-order valence-electron chi connectivity index (χ1n) is 6.49. The summed E-state index contributed by atoms with van der Waals surface area (Å²) in [6.07, 6.45) is 0.380. The van der Waals surface area contributed by atoms with Crippen LogP contribution in [0, 0.1) is 0 Å². The average Bonchev–Trinajstić information content (AvgIpc) is 2.38. The van der Waals surface area contributed by atoms with E-state index in [1.807, 2.05) is 44.2 Å². The lowest BCUT2D eigenvalue weighted by atomic mass is 10.0. The van der Waals surface area contributed by atoms with Crippen LogP contribution in [0.1, 0.15) is 19.4 Å². The Morgan fingerprint density at radius 3 is 2.50 bits per heavy atom. The predicted molar refractivity (Wildman–Crippen MR) is 86.2 cm³/mol. The van der Waals surface area contributed by atoms with Crippen molar-refractivity contribution in [3.05, 3.63) is 48.0 Å². The van der Waals surface area contributed by atoms with Crippen LogP contribution < -0.4 is 11.1 Å². The van der Waals surface area contributed by atoms with Crippen molar-refractivity contribution in [2.75, 3.05) is 6.54 Å². The van der Waals surface area contributed by atoms with Crippen molar-refractivity contribution in [1.82, 2.24) is 5.32 Å². The van der Waals surface area contributed by atoms with E-state index < -0.39 is 0 Å². The van der Waals surface area contributed by atoms with Crippen LogP contribution in [0.25, 0.3) is 10.8 Å². The molecule has 3 N–H and O–H groups in total. The molecule has 0 heterocycles. The minimum absolute atomic E-state index is 0. The van der Waals surface area contributed by atoms with E-state index in [-0.39, 0.29) is 23.9 Å². The van der Waals surface area contributed by atoms with Gasteiger partial charge in [-0.1, -0.05) is 42.5 Å². The second-order valence-electron chi connectivity index (χ2n) is 5.45. The molecule has 0 saturated heterocycles. The Balaban J connectivity index is 0.00000200. The van der Waals surface area contributed by atoms with Gasteiger partial charge in [-0.3, -0.25) is 4.79 Å². The Labute approximate surface area is 126 Å². The highest BCUT2D eigenvalue weighted by molar-refractivity contribution is 5.90. The molecule has 2 aromatic carbocycles. The summed E-state index contributed by atoms with van der Waals surface area (Å²) in [6, 6.07) is 14.1. The molecule has 0 radical (unpaired) electrons. The molecule has 0 spiro atoms. The van der Waals surface area contributed by atoms with E-state index in [4.69, 9.17) is 5.73 Å². The van der Waals surface area contributed by atoms with E-state index in [1.165, 1.54) is 0 Å². The van der Waals surface area contributed by atoms with E-state index in [1.54, 1.807) is 0 Å². The first-order valence-corrected chi connectivity index (χ1v) is 6.49. The van der Waals surface area contributed by atoms with Crippen LogP contribution in [-0.4, -0.2) is 18.0 Å². The van der Waals surface area contributed by atoms with Gasteiger partial charge in [0.2, 0.25) is 5.91 Å². The van der Waals surface area contributed by atoms with Crippen LogP contribution in [-0.2, 0) is 11.2 Å². The van der Waals surface area contributed by atoms with Crippen LogP contribution in [0.5, 0.6) is 0 Å². The molecule has 1 amide bonds. The van der Waals surface area contributed by atoms with Gasteiger partial charge < -0.3 is 11.1 Å². The van der Waals surface area contributed by atoms with Crippen LogP contribution in [0.3, 0.4) is 0 Å². The van der Waals surface area contributed by atoms with Gasteiger partial charge in [-0.2, -0.15) is 0 Å². The number of carbonyl (C=O) groups is 1. The van der Waals surface area contributed by atoms with Crippen molar-refractivity contribution < 1.29 is 4.79 Å². The smallest absolute Gasteiger partial charge is 0.224 e. The Kier molecular flexibility index (Phi) is 5.54. The van der Waals surface area contributed by atoms with Crippen LogP contribution >= 0.6 is 12.4 Å². The minimum Gasteiger partial charge on any atom is -0.350 e. The Bertz CT molecular complexity index is 591. The number of nitrogens with two attached hydrogens (primary N) is 1. The van der Waals surface area contributed by atoms with Crippen molar-refractivity contribution in [2.45, 2.75) is 25.8 Å². The number of amides is 1. The van der Waals surface area contributed by atoms with Gasteiger partial charge in [-0.05, 0) is 30.2 Å². The number of rotatable bonds is 4. The molecule has 0 bridgehead atoms. The monoisotopic (exact) mass is 292 g/mol. The first kappa shape index (κ1) is 16.5. The van der Waals surface area contributed by atoms with Crippen molar-refractivity contribution in [2.24, 2.45) is 5.73 Å². The number of nitrogens with one attached hydrogen (secondary N) is 1. The quantitative estimate of drug-likeness (QED) is 0.910. The fourth-order valence-corrected chi connectivity index (χ4v) is 2.09. The zero-order valence-electron chi connectivity index (χ0n) is 11.8. The van der Waals surface area contributed by atoms with E-state index in [9.17, 15) is 4.79 Å². The summed E-state index contributed by atoms with van der Waals surface area (Å²) in [7, 11) is 0. The van der Waals surface area contributed by atoms with E-state index >= 15 is 0 Å². The van der Waals surface area contributed by atoms with Crippen molar-refractivity contribution >= 4 is 29.1 Å². The van der Waals surface area contributed by atoms with Gasteiger partial charge in [0, 0.05) is 12.1 Å². The van der Waals surface area contributed by atoms with Crippen LogP contribution in [0.4, 0.5) is 0 Å². The fraction of sp³-hybridized carbons (Fsp3) is 0.312. The van der Waals surface area contributed by atoms with E-state index in [0.29, 0.717) is 13.0 Å². The molecule has 0 atom stereocenters. The summed E-state index contributed by atoms with van der Waals surface area (Å²) in [4.78, 5) is 12.1. The largest absolute Gasteiger partial charge is 0.350 e. The molecule has 0 aliphatic heterocycles. The molecule has 0 saturated carbocycles. The standard InChI is InChI=1S/C16H20N2O.ClH/c1-16(2,11-17)18-15(19)10-13-8-5-7-12-6-3-4-9-14(12)13;/h3-9H,10-11,17H2,1-2H3,(H,18,19);1H. The molecule has 0 fully saturated rings. The van der Waals surface area contributed by atoms with Gasteiger partial charge in [0.25, 0.3) is 0 Å². The molecule has 2 rings (SSSR count). The summed E-state index contributed by atoms with van der Waals surface area (Å²) in [5.74, 6) is 0.00630. The Morgan fingerprint density at radius 2 is 1.80 bits per heavy atom. The molecule has 0 aromatic heterocycles. The molecule has 3 nitrogen and oxygen atoms in total. The van der Waals surface area contributed by atoms with E-state index in [2.05, 4.69) is 17.4 Å². The van der Waals surface area contributed by atoms with Gasteiger partial charge in [0.05, 0.1) is 6.42 Å². The maximum absolute atomic E-state index is 12.1. The van der Waals surface area contributed by atoms with Gasteiger partial charge in [-0.15, -0.1) is 12.4 Å². The number of hydrogen-bond donors (Lipinski definition) is 2. The third-order valence-electron chi connectivity index (χ3n) is 3.22. The maximum Gasteiger partial charge on any atom is 0.224 e. The summed E-state index contributed by atoms with van der Waals surface area (Å²) >= 11 is 0. The highest BCUT2D eigenvalue weighted by Gasteiger charge is 2.18. The van der Waals surface area contributed by atoms with Crippen molar-refractivity contribution in [3.63, 3.8) is 0 Å². The maximum atomic E-state index is 12.1. The van der Waals surface area contributed by atoms with Gasteiger partial charge >= 0.3 is 0 Å². The normalized spacial score (nSPS) is 10.9. The molecule has 20 heavy (non-hydrogen) atoms. The Morgan fingerprint density at radius 1 is 1.15 bits per heavy atom. The molecule has 0 unspecified atom stereocenters. The number of halogens is 1. The SMILES string of the molecule is CC(C)(CN)NC(=O)Cc1cccc2ccccc12.Cl. The van der Waals surface area contributed by atoms with Gasteiger partial charge in [0.15, 0.2) is 0 Å². The lowest BCUT2D eigenvalue weighted by Gasteiger charge is -2.24. The molecule has 108 valence electrons. The topological polar surface area (TPSA) is 55.1 Å². The van der Waals surface area contributed by atoms with Gasteiger partial charge in [0.1, 0.15) is 0 Å².